The van der Waals surface area contributed by atoms with Crippen LogP contribution in [-0.4, -0.2) is 24.4 Å². The van der Waals surface area contributed by atoms with Gasteiger partial charge in [-0.15, -0.1) is 0 Å². The summed E-state index contributed by atoms with van der Waals surface area (Å²) in [7, 11) is 0. The van der Waals surface area contributed by atoms with Gasteiger partial charge in [0.2, 0.25) is 5.91 Å². The number of carbonyl (C=O) groups is 2. The van der Waals surface area contributed by atoms with Crippen molar-refractivity contribution in [3.63, 3.8) is 0 Å². The first-order chi connectivity index (χ1) is 12.5. The summed E-state index contributed by atoms with van der Waals surface area (Å²) in [5.41, 5.74) is 5.54. The second-order valence-electron chi connectivity index (χ2n) is 6.78. The second-order valence-corrected chi connectivity index (χ2v) is 6.78. The zero-order chi connectivity index (χ0) is 18.7. The Labute approximate surface area is 153 Å². The zero-order valence-electron chi connectivity index (χ0n) is 15.0. The Morgan fingerprint density at radius 1 is 1.19 bits per heavy atom. The molecule has 0 saturated carbocycles. The van der Waals surface area contributed by atoms with Crippen molar-refractivity contribution in [3.05, 3.63) is 59.7 Å². The number of hydrazine groups is 1. The van der Waals surface area contributed by atoms with Crippen LogP contribution >= 0.6 is 0 Å². The summed E-state index contributed by atoms with van der Waals surface area (Å²) < 4.78 is 0. The first-order valence-electron chi connectivity index (χ1n) is 8.78. The summed E-state index contributed by atoms with van der Waals surface area (Å²) in [6, 6.07) is 14.8. The molecule has 0 aliphatic carbocycles. The molecular weight excluding hydrogens is 328 g/mol. The summed E-state index contributed by atoms with van der Waals surface area (Å²) >= 11 is 0. The third kappa shape index (κ3) is 3.70. The van der Waals surface area contributed by atoms with Crippen LogP contribution in [0.2, 0.25) is 0 Å². The first kappa shape index (κ1) is 17.9. The van der Waals surface area contributed by atoms with Gasteiger partial charge in [0, 0.05) is 23.5 Å². The minimum atomic E-state index is -0.343. The average Bonchev–Trinajstić information content (AvgIpc) is 3.02. The van der Waals surface area contributed by atoms with Gasteiger partial charge in [-0.2, -0.15) is 0 Å². The molecule has 0 spiro atoms. The molecule has 1 saturated heterocycles. The smallest absolute Gasteiger partial charge is 0.265 e. The molecule has 136 valence electrons. The molecule has 0 aromatic heterocycles. The number of nitrogen functional groups attached to an aromatic ring is 1. The van der Waals surface area contributed by atoms with E-state index in [1.165, 1.54) is 5.56 Å². The fourth-order valence-corrected chi connectivity index (χ4v) is 3.12. The number of nitrogens with zero attached hydrogens (tertiary/aromatic N) is 1. The lowest BCUT2D eigenvalue weighted by Gasteiger charge is -2.19. The Balaban J connectivity index is 1.69. The van der Waals surface area contributed by atoms with E-state index in [0.29, 0.717) is 18.0 Å². The molecular formula is C20H24N4O2. The van der Waals surface area contributed by atoms with Crippen molar-refractivity contribution in [3.8, 4) is 0 Å². The van der Waals surface area contributed by atoms with Crippen LogP contribution < -0.4 is 21.5 Å². The number of hydrogen-bond donors (Lipinski definition) is 3. The van der Waals surface area contributed by atoms with E-state index < -0.39 is 0 Å². The molecule has 0 radical (unpaired) electrons. The van der Waals surface area contributed by atoms with Crippen LogP contribution in [0.25, 0.3) is 0 Å². The number of nitrogens with two attached hydrogens (primary N) is 1. The Hall–Kier alpha value is -2.86. The molecule has 6 nitrogen and oxygen atoms in total. The van der Waals surface area contributed by atoms with E-state index in [9.17, 15) is 9.59 Å². The van der Waals surface area contributed by atoms with E-state index >= 15 is 0 Å². The zero-order valence-corrected chi connectivity index (χ0v) is 15.0. The number of benzene rings is 2. The molecule has 2 aromatic rings. The Kier molecular flexibility index (Phi) is 5.23. The van der Waals surface area contributed by atoms with Gasteiger partial charge < -0.3 is 10.2 Å². The maximum atomic E-state index is 12.8. The van der Waals surface area contributed by atoms with Gasteiger partial charge in [0.05, 0.1) is 0 Å². The largest absolute Gasteiger partial charge is 0.374 e. The number of carbonyl (C=O) groups excluding carboxylic acids is 2. The van der Waals surface area contributed by atoms with Crippen molar-refractivity contribution in [1.29, 1.82) is 0 Å². The number of anilines is 2. The number of amides is 2. The van der Waals surface area contributed by atoms with Crippen molar-refractivity contribution >= 4 is 23.2 Å². The molecule has 1 heterocycles. The molecule has 6 heteroatoms. The lowest BCUT2D eigenvalue weighted by molar-refractivity contribution is -0.117. The molecule has 1 fully saturated rings. The van der Waals surface area contributed by atoms with E-state index in [2.05, 4.69) is 36.7 Å². The Morgan fingerprint density at radius 2 is 1.92 bits per heavy atom. The molecule has 0 bridgehead atoms. The first-order valence-corrected chi connectivity index (χ1v) is 8.78. The molecule has 1 aliphatic rings. The maximum Gasteiger partial charge on any atom is 0.265 e. The fraction of sp³-hybridized carbons (Fsp3) is 0.300. The van der Waals surface area contributed by atoms with E-state index in [0.717, 1.165) is 17.8 Å². The molecule has 1 atom stereocenters. The number of hydrogen-bond acceptors (Lipinski definition) is 4. The summed E-state index contributed by atoms with van der Waals surface area (Å²) in [5, 5.41) is 3.26. The summed E-state index contributed by atoms with van der Waals surface area (Å²) in [5.74, 6) is 5.27. The summed E-state index contributed by atoms with van der Waals surface area (Å²) in [4.78, 5) is 26.1. The third-order valence-corrected chi connectivity index (χ3v) is 4.67. The predicted octanol–water partition coefficient (Wildman–Crippen LogP) is 2.63. The van der Waals surface area contributed by atoms with E-state index in [4.69, 9.17) is 5.84 Å². The average molecular weight is 352 g/mol. The summed E-state index contributed by atoms with van der Waals surface area (Å²) in [6.07, 6.45) is 0.732. The van der Waals surface area contributed by atoms with Gasteiger partial charge in [0.15, 0.2) is 0 Å². The van der Waals surface area contributed by atoms with Crippen LogP contribution in [0, 0.1) is 0 Å². The van der Waals surface area contributed by atoms with Gasteiger partial charge >= 0.3 is 0 Å². The molecule has 1 aliphatic heterocycles. The molecule has 1 unspecified atom stereocenters. The van der Waals surface area contributed by atoms with Crippen LogP contribution in [0.3, 0.4) is 0 Å². The highest BCUT2D eigenvalue weighted by molar-refractivity contribution is 6.01. The third-order valence-electron chi connectivity index (χ3n) is 4.67. The van der Waals surface area contributed by atoms with Gasteiger partial charge in [0.1, 0.15) is 6.04 Å². The molecule has 26 heavy (non-hydrogen) atoms. The van der Waals surface area contributed by atoms with E-state index in [1.54, 1.807) is 24.3 Å². The van der Waals surface area contributed by atoms with Crippen molar-refractivity contribution in [2.24, 2.45) is 5.84 Å². The SMILES string of the molecule is CC(C)c1cccc(N2CCC(Nc3ccc(C(=O)NN)cc3)C2=O)c1. The van der Waals surface area contributed by atoms with Crippen molar-refractivity contribution in [2.45, 2.75) is 32.2 Å². The highest BCUT2D eigenvalue weighted by atomic mass is 16.2. The van der Waals surface area contributed by atoms with Crippen LogP contribution in [0.1, 0.15) is 42.1 Å². The van der Waals surface area contributed by atoms with E-state index in [1.807, 2.05) is 17.0 Å². The summed E-state index contributed by atoms with van der Waals surface area (Å²) in [6.45, 7) is 4.97. The number of nitrogens with one attached hydrogen (secondary N) is 2. The maximum absolute atomic E-state index is 12.8. The highest BCUT2D eigenvalue weighted by Crippen LogP contribution is 2.27. The minimum absolute atomic E-state index is 0.0645. The molecule has 2 aromatic carbocycles. The van der Waals surface area contributed by atoms with Gasteiger partial charge in [-0.25, -0.2) is 5.84 Å². The lowest BCUT2D eigenvalue weighted by Crippen LogP contribution is -2.33. The van der Waals surface area contributed by atoms with Crippen molar-refractivity contribution < 1.29 is 9.59 Å². The Morgan fingerprint density at radius 3 is 2.58 bits per heavy atom. The highest BCUT2D eigenvalue weighted by Gasteiger charge is 2.32. The van der Waals surface area contributed by atoms with Crippen LogP contribution in [0.15, 0.2) is 48.5 Å². The fourth-order valence-electron chi connectivity index (χ4n) is 3.12. The Bertz CT molecular complexity index is 802. The normalized spacial score (nSPS) is 16.8. The number of rotatable bonds is 5. The van der Waals surface area contributed by atoms with Gasteiger partial charge in [0.25, 0.3) is 5.91 Å². The monoisotopic (exact) mass is 352 g/mol. The van der Waals surface area contributed by atoms with Gasteiger partial charge in [-0.05, 0) is 54.3 Å². The van der Waals surface area contributed by atoms with Crippen LogP contribution in [0.4, 0.5) is 11.4 Å². The molecule has 2 amide bonds. The van der Waals surface area contributed by atoms with Crippen molar-refractivity contribution in [1.82, 2.24) is 5.43 Å². The quantitative estimate of drug-likeness (QED) is 0.438. The lowest BCUT2D eigenvalue weighted by atomic mass is 10.0. The standard InChI is InChI=1S/C20H24N4O2/c1-13(2)15-4-3-5-17(12-15)24-11-10-18(20(24)26)22-16-8-6-14(7-9-16)19(25)23-21/h3-9,12-13,18,22H,10-11,21H2,1-2H3,(H,23,25). The van der Waals surface area contributed by atoms with Gasteiger partial charge in [-0.3, -0.25) is 15.0 Å². The van der Waals surface area contributed by atoms with Crippen LogP contribution in [0.5, 0.6) is 0 Å². The van der Waals surface area contributed by atoms with Crippen molar-refractivity contribution in [2.75, 3.05) is 16.8 Å². The van der Waals surface area contributed by atoms with Crippen LogP contribution in [-0.2, 0) is 4.79 Å². The van der Waals surface area contributed by atoms with E-state index in [-0.39, 0.29) is 17.9 Å². The molecule has 4 N–H and O–H groups in total. The minimum Gasteiger partial charge on any atom is -0.374 e. The predicted molar refractivity (Wildman–Crippen MR) is 103 cm³/mol. The second kappa shape index (κ2) is 7.58. The molecule has 3 rings (SSSR count). The topological polar surface area (TPSA) is 87.5 Å². The van der Waals surface area contributed by atoms with Gasteiger partial charge in [-0.1, -0.05) is 26.0 Å².